The van der Waals surface area contributed by atoms with Crippen molar-refractivity contribution in [1.29, 1.82) is 0 Å². The minimum absolute atomic E-state index is 0.130. The van der Waals surface area contributed by atoms with Crippen LogP contribution in [0, 0.1) is 10.1 Å². The summed E-state index contributed by atoms with van der Waals surface area (Å²) in [6, 6.07) is 11.4. The van der Waals surface area contributed by atoms with Gasteiger partial charge in [-0.1, -0.05) is 47.5 Å². The summed E-state index contributed by atoms with van der Waals surface area (Å²) in [4.78, 5) is 24.4. The second kappa shape index (κ2) is 8.80. The van der Waals surface area contributed by atoms with Gasteiger partial charge in [0, 0.05) is 25.6 Å². The average molecular weight is 382 g/mol. The SMILES string of the molecule is CN(CCC(=O)Nc1ccccc1[N+](=O)[O-])Cc1cccc(Cl)c1Cl. The molecule has 0 aliphatic heterocycles. The van der Waals surface area contributed by atoms with Gasteiger partial charge in [0.1, 0.15) is 5.69 Å². The normalized spacial score (nSPS) is 10.7. The summed E-state index contributed by atoms with van der Waals surface area (Å²) in [6.45, 7) is 1.01. The number of anilines is 1. The summed E-state index contributed by atoms with van der Waals surface area (Å²) < 4.78 is 0. The van der Waals surface area contributed by atoms with Crippen LogP contribution in [-0.2, 0) is 11.3 Å². The molecule has 132 valence electrons. The van der Waals surface area contributed by atoms with Gasteiger partial charge in [-0.3, -0.25) is 14.9 Å². The monoisotopic (exact) mass is 381 g/mol. The molecule has 0 fully saturated rings. The third-order valence-electron chi connectivity index (χ3n) is 3.57. The Morgan fingerprint density at radius 2 is 1.92 bits per heavy atom. The molecule has 0 spiro atoms. The van der Waals surface area contributed by atoms with E-state index >= 15 is 0 Å². The van der Waals surface area contributed by atoms with Crippen molar-refractivity contribution in [3.05, 3.63) is 68.2 Å². The first-order valence-electron chi connectivity index (χ1n) is 7.53. The maximum absolute atomic E-state index is 12.1. The summed E-state index contributed by atoms with van der Waals surface area (Å²) >= 11 is 12.1. The van der Waals surface area contributed by atoms with Gasteiger partial charge in [-0.15, -0.1) is 0 Å². The fourth-order valence-corrected chi connectivity index (χ4v) is 2.66. The lowest BCUT2D eigenvalue weighted by Gasteiger charge is -2.17. The summed E-state index contributed by atoms with van der Waals surface area (Å²) in [5, 5.41) is 14.5. The number of amides is 1. The minimum atomic E-state index is -0.525. The van der Waals surface area contributed by atoms with Crippen LogP contribution in [-0.4, -0.2) is 29.3 Å². The molecule has 0 saturated carbocycles. The average Bonchev–Trinajstić information content (AvgIpc) is 2.57. The molecule has 0 atom stereocenters. The van der Waals surface area contributed by atoms with Gasteiger partial charge >= 0.3 is 0 Å². The van der Waals surface area contributed by atoms with E-state index < -0.39 is 4.92 Å². The van der Waals surface area contributed by atoms with Crippen molar-refractivity contribution in [3.63, 3.8) is 0 Å². The van der Waals surface area contributed by atoms with Gasteiger partial charge in [0.15, 0.2) is 0 Å². The van der Waals surface area contributed by atoms with Crippen LogP contribution in [0.5, 0.6) is 0 Å². The Bertz CT molecular complexity index is 783. The highest BCUT2D eigenvalue weighted by atomic mass is 35.5. The molecule has 2 aromatic rings. The first-order valence-corrected chi connectivity index (χ1v) is 8.28. The van der Waals surface area contributed by atoms with Crippen molar-refractivity contribution in [2.24, 2.45) is 0 Å². The molecular weight excluding hydrogens is 365 g/mol. The molecule has 1 N–H and O–H groups in total. The van der Waals surface area contributed by atoms with E-state index in [0.717, 1.165) is 5.56 Å². The minimum Gasteiger partial charge on any atom is -0.320 e. The summed E-state index contributed by atoms with van der Waals surface area (Å²) in [6.07, 6.45) is 0.195. The van der Waals surface area contributed by atoms with Crippen LogP contribution in [0.1, 0.15) is 12.0 Å². The van der Waals surface area contributed by atoms with Crippen molar-refractivity contribution in [2.45, 2.75) is 13.0 Å². The smallest absolute Gasteiger partial charge is 0.292 e. The van der Waals surface area contributed by atoms with E-state index in [1.165, 1.54) is 12.1 Å². The number of nitro groups is 1. The maximum Gasteiger partial charge on any atom is 0.292 e. The molecule has 0 bridgehead atoms. The second-order valence-corrected chi connectivity index (χ2v) is 6.31. The van der Waals surface area contributed by atoms with Gasteiger partial charge in [0.2, 0.25) is 5.91 Å². The number of carbonyl (C=O) groups excluding carboxylic acids is 1. The third kappa shape index (κ3) is 5.42. The van der Waals surface area contributed by atoms with E-state index in [0.29, 0.717) is 23.1 Å². The zero-order valence-electron chi connectivity index (χ0n) is 13.5. The van der Waals surface area contributed by atoms with E-state index in [4.69, 9.17) is 23.2 Å². The van der Waals surface area contributed by atoms with Crippen molar-refractivity contribution in [3.8, 4) is 0 Å². The predicted octanol–water partition coefficient (Wildman–Crippen LogP) is 4.36. The van der Waals surface area contributed by atoms with E-state index in [1.54, 1.807) is 18.2 Å². The van der Waals surface area contributed by atoms with Gasteiger partial charge in [0.25, 0.3) is 5.69 Å². The number of carbonyl (C=O) groups is 1. The molecule has 0 aromatic heterocycles. The molecule has 6 nitrogen and oxygen atoms in total. The van der Waals surface area contributed by atoms with Gasteiger partial charge in [-0.2, -0.15) is 0 Å². The van der Waals surface area contributed by atoms with Gasteiger partial charge in [-0.05, 0) is 24.7 Å². The Labute approximate surface area is 155 Å². The lowest BCUT2D eigenvalue weighted by Crippen LogP contribution is -2.24. The number of para-hydroxylation sites is 2. The number of nitro benzene ring substituents is 1. The maximum atomic E-state index is 12.1. The van der Waals surface area contributed by atoms with Gasteiger partial charge in [-0.25, -0.2) is 0 Å². The Balaban J connectivity index is 1.90. The molecule has 0 unspecified atom stereocenters. The molecule has 0 saturated heterocycles. The van der Waals surface area contributed by atoms with Gasteiger partial charge < -0.3 is 10.2 Å². The van der Waals surface area contributed by atoms with E-state index in [9.17, 15) is 14.9 Å². The first-order chi connectivity index (χ1) is 11.9. The molecule has 25 heavy (non-hydrogen) atoms. The molecule has 0 aliphatic carbocycles. The largest absolute Gasteiger partial charge is 0.320 e. The Hall–Kier alpha value is -2.15. The predicted molar refractivity (Wildman–Crippen MR) is 99.1 cm³/mol. The molecule has 0 radical (unpaired) electrons. The van der Waals surface area contributed by atoms with Crippen molar-refractivity contribution >= 4 is 40.5 Å². The van der Waals surface area contributed by atoms with Crippen LogP contribution in [0.3, 0.4) is 0 Å². The fraction of sp³-hybridized carbons (Fsp3) is 0.235. The molecule has 1 amide bonds. The number of benzene rings is 2. The van der Waals surface area contributed by atoms with Crippen LogP contribution in [0.25, 0.3) is 0 Å². The van der Waals surface area contributed by atoms with E-state index in [-0.39, 0.29) is 23.7 Å². The summed E-state index contributed by atoms with van der Waals surface area (Å²) in [5.74, 6) is -0.293. The Morgan fingerprint density at radius 3 is 2.64 bits per heavy atom. The van der Waals surface area contributed by atoms with Crippen molar-refractivity contribution in [1.82, 2.24) is 4.90 Å². The highest BCUT2D eigenvalue weighted by Crippen LogP contribution is 2.26. The Morgan fingerprint density at radius 1 is 1.20 bits per heavy atom. The number of hydrogen-bond acceptors (Lipinski definition) is 4. The van der Waals surface area contributed by atoms with Crippen molar-refractivity contribution < 1.29 is 9.72 Å². The standard InChI is InChI=1S/C17H17Cl2N3O3/c1-21(11-12-5-4-6-13(18)17(12)19)10-9-16(23)20-14-7-2-3-8-15(14)22(24)25/h2-8H,9-11H2,1H3,(H,20,23). The number of nitrogens with zero attached hydrogens (tertiary/aromatic N) is 2. The zero-order valence-corrected chi connectivity index (χ0v) is 15.0. The van der Waals surface area contributed by atoms with E-state index in [2.05, 4.69) is 5.32 Å². The molecule has 8 heteroatoms. The molecular formula is C17H17Cl2N3O3. The first kappa shape index (κ1) is 19.2. The lowest BCUT2D eigenvalue weighted by molar-refractivity contribution is -0.383. The van der Waals surface area contributed by atoms with Crippen molar-refractivity contribution in [2.75, 3.05) is 18.9 Å². The second-order valence-electron chi connectivity index (χ2n) is 5.52. The molecule has 0 aliphatic rings. The van der Waals surface area contributed by atoms with Crippen LogP contribution in [0.4, 0.5) is 11.4 Å². The van der Waals surface area contributed by atoms with Crippen LogP contribution < -0.4 is 5.32 Å². The molecule has 0 heterocycles. The lowest BCUT2D eigenvalue weighted by atomic mass is 10.2. The summed E-state index contributed by atoms with van der Waals surface area (Å²) in [5.41, 5.74) is 0.934. The molecule has 2 rings (SSSR count). The highest BCUT2D eigenvalue weighted by Gasteiger charge is 2.15. The number of halogens is 2. The number of rotatable bonds is 7. The molecule has 2 aromatic carbocycles. The van der Waals surface area contributed by atoms with Crippen LogP contribution in [0.2, 0.25) is 10.0 Å². The topological polar surface area (TPSA) is 75.5 Å². The Kier molecular flexibility index (Phi) is 6.75. The summed E-state index contributed by atoms with van der Waals surface area (Å²) in [7, 11) is 1.86. The van der Waals surface area contributed by atoms with Crippen LogP contribution >= 0.6 is 23.2 Å². The fourth-order valence-electron chi connectivity index (χ4n) is 2.28. The van der Waals surface area contributed by atoms with Crippen LogP contribution in [0.15, 0.2) is 42.5 Å². The van der Waals surface area contributed by atoms with E-state index in [1.807, 2.05) is 24.1 Å². The highest BCUT2D eigenvalue weighted by molar-refractivity contribution is 6.42. The number of hydrogen-bond donors (Lipinski definition) is 1. The van der Waals surface area contributed by atoms with Gasteiger partial charge in [0.05, 0.1) is 15.0 Å². The third-order valence-corrected chi connectivity index (χ3v) is 4.43. The number of nitrogens with one attached hydrogen (secondary N) is 1. The zero-order chi connectivity index (χ0) is 18.4. The quantitative estimate of drug-likeness (QED) is 0.570.